The van der Waals surface area contributed by atoms with Crippen molar-refractivity contribution in [2.24, 2.45) is 0 Å². The highest BCUT2D eigenvalue weighted by Crippen LogP contribution is 2.11. The van der Waals surface area contributed by atoms with Crippen LogP contribution in [0.5, 0.6) is 0 Å². The first kappa shape index (κ1) is 22.0. The van der Waals surface area contributed by atoms with Crippen LogP contribution in [0.1, 0.15) is 28.8 Å². The molecule has 2 heterocycles. The molecule has 1 amide bonds. The Balaban J connectivity index is 1.51. The van der Waals surface area contributed by atoms with E-state index >= 15 is 0 Å². The third kappa shape index (κ3) is 6.14. The van der Waals surface area contributed by atoms with E-state index in [1.807, 2.05) is 38.1 Å². The Morgan fingerprint density at radius 3 is 2.50 bits per heavy atom. The second-order valence-corrected chi connectivity index (χ2v) is 7.88. The number of rotatable bonds is 8. The fourth-order valence-corrected chi connectivity index (χ4v) is 3.47. The zero-order valence-corrected chi connectivity index (χ0v) is 18.0. The van der Waals surface area contributed by atoms with Crippen LogP contribution in [0.2, 0.25) is 0 Å². The van der Waals surface area contributed by atoms with Gasteiger partial charge in [-0.05, 0) is 38.6 Å². The lowest BCUT2D eigenvalue weighted by atomic mass is 10.1. The van der Waals surface area contributed by atoms with Crippen LogP contribution in [-0.4, -0.2) is 61.2 Å². The van der Waals surface area contributed by atoms with Gasteiger partial charge in [0.1, 0.15) is 0 Å². The van der Waals surface area contributed by atoms with Crippen molar-refractivity contribution in [2.75, 3.05) is 45.3 Å². The predicted octanol–water partition coefficient (Wildman–Crippen LogP) is 1.23. The molecule has 2 N–H and O–H groups in total. The fraction of sp³-hybridized carbons (Fsp3) is 0.500. The molecule has 8 nitrogen and oxygen atoms in total. The summed E-state index contributed by atoms with van der Waals surface area (Å²) < 4.78 is 5.34. The molecule has 8 heteroatoms. The summed E-state index contributed by atoms with van der Waals surface area (Å²) in [4.78, 5) is 36.3. The van der Waals surface area contributed by atoms with E-state index in [9.17, 15) is 9.59 Å². The second kappa shape index (κ2) is 10.4. The van der Waals surface area contributed by atoms with Crippen LogP contribution in [0, 0.1) is 6.92 Å². The van der Waals surface area contributed by atoms with Crippen molar-refractivity contribution >= 4 is 11.9 Å². The molecule has 1 aliphatic heterocycles. The average Bonchev–Trinajstić information content (AvgIpc) is 2.73. The molecular formula is C22H31N5O3. The number of nitrogens with zero attached hydrogens (tertiary/aromatic N) is 3. The maximum absolute atomic E-state index is 12.5. The van der Waals surface area contributed by atoms with Gasteiger partial charge in [0.05, 0.1) is 13.2 Å². The number of ether oxygens (including phenoxy) is 1. The number of morpholine rings is 1. The van der Waals surface area contributed by atoms with Gasteiger partial charge in [-0.25, -0.2) is 4.98 Å². The summed E-state index contributed by atoms with van der Waals surface area (Å²) in [6.45, 7) is 5.86. The van der Waals surface area contributed by atoms with Gasteiger partial charge in [-0.3, -0.25) is 14.6 Å². The first-order chi connectivity index (χ1) is 14.4. The smallest absolute Gasteiger partial charge is 0.255 e. The standard InChI is InChI=1S/C22H31N5O3/c1-16-19(21(29)25-22(24-16)27-10-12-30-13-11-27)8-9-20(28)23-14-17-4-6-18(7-5-17)15-26(2)3/h4-7H,8-15H2,1-3H3,(H,23,28)(H,24,25,29). The number of hydrogen-bond donors (Lipinski definition) is 2. The summed E-state index contributed by atoms with van der Waals surface area (Å²) in [5.41, 5.74) is 3.35. The molecule has 2 aromatic rings. The van der Waals surface area contributed by atoms with Crippen LogP contribution >= 0.6 is 0 Å². The van der Waals surface area contributed by atoms with Crippen molar-refractivity contribution in [1.82, 2.24) is 20.2 Å². The summed E-state index contributed by atoms with van der Waals surface area (Å²) in [6, 6.07) is 8.21. The number of anilines is 1. The van der Waals surface area contributed by atoms with Gasteiger partial charge in [-0.15, -0.1) is 0 Å². The van der Waals surface area contributed by atoms with Crippen molar-refractivity contribution in [2.45, 2.75) is 32.9 Å². The van der Waals surface area contributed by atoms with Crippen LogP contribution in [0.3, 0.4) is 0 Å². The fourth-order valence-electron chi connectivity index (χ4n) is 3.47. The first-order valence-electron chi connectivity index (χ1n) is 10.3. The van der Waals surface area contributed by atoms with Gasteiger partial charge in [0.15, 0.2) is 0 Å². The van der Waals surface area contributed by atoms with Gasteiger partial charge in [-0.2, -0.15) is 0 Å². The molecule has 0 atom stereocenters. The first-order valence-corrected chi connectivity index (χ1v) is 10.3. The Bertz CT molecular complexity index is 902. The quantitative estimate of drug-likeness (QED) is 0.676. The Hall–Kier alpha value is -2.71. The summed E-state index contributed by atoms with van der Waals surface area (Å²) in [5.74, 6) is 0.495. The minimum absolute atomic E-state index is 0.0802. The molecule has 0 bridgehead atoms. The highest BCUT2D eigenvalue weighted by molar-refractivity contribution is 5.76. The van der Waals surface area contributed by atoms with Gasteiger partial charge >= 0.3 is 0 Å². The molecular weight excluding hydrogens is 382 g/mol. The topological polar surface area (TPSA) is 90.6 Å². The number of aromatic amines is 1. The summed E-state index contributed by atoms with van der Waals surface area (Å²) in [6.07, 6.45) is 0.617. The third-order valence-electron chi connectivity index (χ3n) is 5.13. The Morgan fingerprint density at radius 2 is 1.87 bits per heavy atom. The molecule has 30 heavy (non-hydrogen) atoms. The minimum Gasteiger partial charge on any atom is -0.378 e. The minimum atomic E-state index is -0.173. The molecule has 1 saturated heterocycles. The van der Waals surface area contributed by atoms with E-state index in [2.05, 4.69) is 32.3 Å². The largest absolute Gasteiger partial charge is 0.378 e. The summed E-state index contributed by atoms with van der Waals surface area (Å²) in [7, 11) is 4.07. The van der Waals surface area contributed by atoms with Crippen molar-refractivity contribution < 1.29 is 9.53 Å². The molecule has 0 saturated carbocycles. The van der Waals surface area contributed by atoms with E-state index in [0.717, 1.165) is 12.1 Å². The molecule has 162 valence electrons. The normalized spacial score (nSPS) is 14.2. The van der Waals surface area contributed by atoms with E-state index in [4.69, 9.17) is 4.74 Å². The molecule has 0 unspecified atom stereocenters. The number of aromatic nitrogens is 2. The number of carbonyl (C=O) groups excluding carboxylic acids is 1. The molecule has 1 aliphatic rings. The second-order valence-electron chi connectivity index (χ2n) is 7.88. The number of amides is 1. The van der Waals surface area contributed by atoms with Crippen LogP contribution in [0.25, 0.3) is 0 Å². The number of hydrogen-bond acceptors (Lipinski definition) is 6. The van der Waals surface area contributed by atoms with E-state index in [1.54, 1.807) is 0 Å². The highest BCUT2D eigenvalue weighted by Gasteiger charge is 2.16. The molecule has 1 fully saturated rings. The highest BCUT2D eigenvalue weighted by atomic mass is 16.5. The van der Waals surface area contributed by atoms with Gasteiger partial charge in [0, 0.05) is 43.9 Å². The van der Waals surface area contributed by atoms with E-state index in [0.29, 0.717) is 56.5 Å². The van der Waals surface area contributed by atoms with Crippen molar-refractivity contribution in [1.29, 1.82) is 0 Å². The van der Waals surface area contributed by atoms with Crippen molar-refractivity contribution in [3.63, 3.8) is 0 Å². The van der Waals surface area contributed by atoms with E-state index < -0.39 is 0 Å². The summed E-state index contributed by atoms with van der Waals surface area (Å²) in [5, 5.41) is 2.93. The van der Waals surface area contributed by atoms with Gasteiger partial charge in [0.2, 0.25) is 11.9 Å². The molecule has 0 aliphatic carbocycles. The average molecular weight is 414 g/mol. The van der Waals surface area contributed by atoms with E-state index in [-0.39, 0.29) is 17.9 Å². The van der Waals surface area contributed by atoms with Crippen LogP contribution < -0.4 is 15.8 Å². The lowest BCUT2D eigenvalue weighted by Gasteiger charge is -2.27. The number of carbonyl (C=O) groups is 1. The van der Waals surface area contributed by atoms with E-state index in [1.165, 1.54) is 5.56 Å². The van der Waals surface area contributed by atoms with Gasteiger partial charge in [0.25, 0.3) is 5.56 Å². The number of aryl methyl sites for hydroxylation is 1. The summed E-state index contributed by atoms with van der Waals surface area (Å²) >= 11 is 0. The van der Waals surface area contributed by atoms with Crippen molar-refractivity contribution in [3.05, 3.63) is 57.0 Å². The Kier molecular flexibility index (Phi) is 7.59. The van der Waals surface area contributed by atoms with Gasteiger partial charge in [-0.1, -0.05) is 24.3 Å². The zero-order chi connectivity index (χ0) is 21.5. The van der Waals surface area contributed by atoms with Gasteiger partial charge < -0.3 is 19.9 Å². The number of benzene rings is 1. The van der Waals surface area contributed by atoms with Crippen molar-refractivity contribution in [3.8, 4) is 0 Å². The Labute approximate surface area is 177 Å². The number of H-pyrrole nitrogens is 1. The molecule has 1 aromatic heterocycles. The molecule has 1 aromatic carbocycles. The lowest BCUT2D eigenvalue weighted by molar-refractivity contribution is -0.121. The maximum atomic E-state index is 12.5. The molecule has 0 radical (unpaired) electrons. The Morgan fingerprint density at radius 1 is 1.20 bits per heavy atom. The number of nitrogens with one attached hydrogen (secondary N) is 2. The van der Waals surface area contributed by atoms with Crippen LogP contribution in [0.15, 0.2) is 29.1 Å². The SMILES string of the molecule is Cc1nc(N2CCOCC2)[nH]c(=O)c1CCC(=O)NCc1ccc(CN(C)C)cc1. The van der Waals surface area contributed by atoms with Crippen LogP contribution in [-0.2, 0) is 29.0 Å². The third-order valence-corrected chi connectivity index (χ3v) is 5.13. The van der Waals surface area contributed by atoms with Crippen LogP contribution in [0.4, 0.5) is 5.95 Å². The predicted molar refractivity (Wildman–Crippen MR) is 117 cm³/mol. The molecule has 0 spiro atoms. The lowest BCUT2D eigenvalue weighted by Crippen LogP contribution is -2.38. The zero-order valence-electron chi connectivity index (χ0n) is 18.0. The monoisotopic (exact) mass is 413 g/mol. The maximum Gasteiger partial charge on any atom is 0.255 e. The molecule has 3 rings (SSSR count).